The van der Waals surface area contributed by atoms with E-state index in [9.17, 15) is 0 Å². The van der Waals surface area contributed by atoms with Gasteiger partial charge >= 0.3 is 0 Å². The van der Waals surface area contributed by atoms with E-state index < -0.39 is 0 Å². The van der Waals surface area contributed by atoms with Crippen LogP contribution in [0.2, 0.25) is 0 Å². The molecule has 2 unspecified atom stereocenters. The van der Waals surface area contributed by atoms with E-state index in [-0.39, 0.29) is 16.6 Å². The average molecular weight is 311 g/mol. The molecule has 0 saturated carbocycles. The van der Waals surface area contributed by atoms with Gasteiger partial charge in [0.2, 0.25) is 0 Å². The lowest BCUT2D eigenvalue weighted by Gasteiger charge is -2.45. The van der Waals surface area contributed by atoms with Crippen molar-refractivity contribution in [3.8, 4) is 0 Å². The molecule has 1 fully saturated rings. The predicted octanol–water partition coefficient (Wildman–Crippen LogP) is 4.22. The second kappa shape index (κ2) is 5.98. The third-order valence-electron chi connectivity index (χ3n) is 4.60. The first-order valence-electron chi connectivity index (χ1n) is 8.10. The van der Waals surface area contributed by atoms with Gasteiger partial charge in [-0.05, 0) is 26.3 Å². The number of nitrogens with zero attached hydrogens (tertiary/aromatic N) is 1. The van der Waals surface area contributed by atoms with Crippen LogP contribution in [0, 0.1) is 0 Å². The maximum Gasteiger partial charge on any atom is 0.113 e. The maximum atomic E-state index is 6.05. The van der Waals surface area contributed by atoms with Crippen molar-refractivity contribution in [1.82, 2.24) is 10.3 Å². The number of thiazole rings is 1. The summed E-state index contributed by atoms with van der Waals surface area (Å²) in [6.07, 6.45) is 3.05. The Bertz CT molecular complexity index is 475. The van der Waals surface area contributed by atoms with E-state index in [2.05, 4.69) is 52.2 Å². The highest BCUT2D eigenvalue weighted by atomic mass is 32.1. The number of aromatic nitrogens is 1. The average Bonchev–Trinajstić information content (AvgIpc) is 2.89. The molecule has 1 aromatic heterocycles. The Morgan fingerprint density at radius 3 is 2.62 bits per heavy atom. The first kappa shape index (κ1) is 16.9. The van der Waals surface area contributed by atoms with Crippen LogP contribution in [0.4, 0.5) is 0 Å². The molecular weight excluding hydrogens is 280 g/mol. The highest BCUT2D eigenvalue weighted by Crippen LogP contribution is 2.42. The molecule has 1 aromatic rings. The smallest absolute Gasteiger partial charge is 0.113 e. The fraction of sp³-hybridized carbons (Fsp3) is 0.824. The summed E-state index contributed by atoms with van der Waals surface area (Å²) < 4.78 is 6.05. The monoisotopic (exact) mass is 310 g/mol. The van der Waals surface area contributed by atoms with E-state index in [1.54, 1.807) is 11.3 Å². The lowest BCUT2D eigenvalue weighted by Crippen LogP contribution is -2.53. The Morgan fingerprint density at radius 1 is 1.38 bits per heavy atom. The van der Waals surface area contributed by atoms with Gasteiger partial charge < -0.3 is 10.1 Å². The SMILES string of the molecule is CCNC1(c2nc(C(C)(C)C)cs2)CCOC(C)(CC)C1. The van der Waals surface area contributed by atoms with Crippen molar-refractivity contribution in [1.29, 1.82) is 0 Å². The highest BCUT2D eigenvalue weighted by molar-refractivity contribution is 7.09. The van der Waals surface area contributed by atoms with Crippen molar-refractivity contribution >= 4 is 11.3 Å². The third kappa shape index (κ3) is 3.49. The predicted molar refractivity (Wildman–Crippen MR) is 90.1 cm³/mol. The zero-order chi connectivity index (χ0) is 15.7. The van der Waals surface area contributed by atoms with Gasteiger partial charge in [0.25, 0.3) is 0 Å². The minimum atomic E-state index is -0.0476. The van der Waals surface area contributed by atoms with Crippen LogP contribution in [-0.2, 0) is 15.7 Å². The zero-order valence-corrected chi connectivity index (χ0v) is 15.2. The van der Waals surface area contributed by atoms with Crippen LogP contribution < -0.4 is 5.32 Å². The zero-order valence-electron chi connectivity index (χ0n) is 14.4. The first-order valence-corrected chi connectivity index (χ1v) is 8.98. The molecular formula is C17H30N2OS. The van der Waals surface area contributed by atoms with Gasteiger partial charge in [-0.3, -0.25) is 0 Å². The molecule has 3 nitrogen and oxygen atoms in total. The molecule has 0 aromatic carbocycles. The molecule has 2 heterocycles. The molecule has 0 bridgehead atoms. The summed E-state index contributed by atoms with van der Waals surface area (Å²) in [4.78, 5) is 5.00. The number of hydrogen-bond acceptors (Lipinski definition) is 4. The molecule has 2 rings (SSSR count). The van der Waals surface area contributed by atoms with Crippen LogP contribution >= 0.6 is 11.3 Å². The summed E-state index contributed by atoms with van der Waals surface area (Å²) in [5.41, 5.74) is 1.24. The lowest BCUT2D eigenvalue weighted by atomic mass is 9.79. The molecule has 2 atom stereocenters. The Balaban J connectivity index is 2.36. The number of hydrogen-bond donors (Lipinski definition) is 1. The topological polar surface area (TPSA) is 34.2 Å². The largest absolute Gasteiger partial charge is 0.375 e. The number of rotatable bonds is 4. The minimum absolute atomic E-state index is 0.0219. The minimum Gasteiger partial charge on any atom is -0.375 e. The van der Waals surface area contributed by atoms with E-state index in [0.717, 1.165) is 32.4 Å². The summed E-state index contributed by atoms with van der Waals surface area (Å²) in [6.45, 7) is 15.1. The standard InChI is InChI=1S/C17H30N2OS/c1-7-16(6)12-17(18-8-2,9-10-20-16)14-19-13(11-21-14)15(3,4)5/h11,18H,7-10,12H2,1-6H3. The Kier molecular flexibility index (Phi) is 4.81. The van der Waals surface area contributed by atoms with E-state index in [1.165, 1.54) is 10.7 Å². The van der Waals surface area contributed by atoms with E-state index in [1.807, 2.05) is 0 Å². The van der Waals surface area contributed by atoms with Gasteiger partial charge in [-0.2, -0.15) is 0 Å². The second-order valence-electron chi connectivity index (χ2n) is 7.48. The van der Waals surface area contributed by atoms with Gasteiger partial charge in [0.1, 0.15) is 5.01 Å². The molecule has 120 valence electrons. The van der Waals surface area contributed by atoms with Gasteiger partial charge in [0.05, 0.1) is 16.8 Å². The molecule has 1 saturated heterocycles. The van der Waals surface area contributed by atoms with Crippen LogP contribution in [-0.4, -0.2) is 23.7 Å². The van der Waals surface area contributed by atoms with Gasteiger partial charge in [-0.15, -0.1) is 11.3 Å². The fourth-order valence-corrected chi connectivity index (χ4v) is 4.31. The van der Waals surface area contributed by atoms with Gasteiger partial charge in [-0.1, -0.05) is 34.6 Å². The van der Waals surface area contributed by atoms with Gasteiger partial charge in [0.15, 0.2) is 0 Å². The summed E-state index contributed by atoms with van der Waals surface area (Å²) in [6, 6.07) is 0. The third-order valence-corrected chi connectivity index (χ3v) is 5.65. The Hall–Kier alpha value is -0.450. The highest BCUT2D eigenvalue weighted by Gasteiger charge is 2.45. The van der Waals surface area contributed by atoms with Crippen LogP contribution in [0.25, 0.3) is 0 Å². The molecule has 1 aliphatic heterocycles. The van der Waals surface area contributed by atoms with Crippen LogP contribution in [0.1, 0.15) is 71.5 Å². The van der Waals surface area contributed by atoms with Gasteiger partial charge in [0, 0.05) is 23.8 Å². The number of ether oxygens (including phenoxy) is 1. The fourth-order valence-electron chi connectivity index (χ4n) is 3.06. The first-order chi connectivity index (χ1) is 9.75. The summed E-state index contributed by atoms with van der Waals surface area (Å²) in [5.74, 6) is 0. The van der Waals surface area contributed by atoms with Crippen LogP contribution in [0.5, 0.6) is 0 Å². The summed E-state index contributed by atoms with van der Waals surface area (Å²) in [5, 5.41) is 7.20. The maximum absolute atomic E-state index is 6.05. The molecule has 4 heteroatoms. The van der Waals surface area contributed by atoms with Crippen LogP contribution in [0.3, 0.4) is 0 Å². The van der Waals surface area contributed by atoms with E-state index >= 15 is 0 Å². The normalized spacial score (nSPS) is 30.6. The van der Waals surface area contributed by atoms with Crippen molar-refractivity contribution in [3.05, 3.63) is 16.1 Å². The van der Waals surface area contributed by atoms with Crippen LogP contribution in [0.15, 0.2) is 5.38 Å². The van der Waals surface area contributed by atoms with Crippen molar-refractivity contribution in [2.24, 2.45) is 0 Å². The molecule has 1 N–H and O–H groups in total. The number of nitrogens with one attached hydrogen (secondary N) is 1. The van der Waals surface area contributed by atoms with Crippen molar-refractivity contribution < 1.29 is 4.74 Å². The Morgan fingerprint density at radius 2 is 2.10 bits per heavy atom. The molecule has 0 amide bonds. The second-order valence-corrected chi connectivity index (χ2v) is 8.34. The summed E-state index contributed by atoms with van der Waals surface area (Å²) >= 11 is 1.80. The Labute approximate surface area is 133 Å². The van der Waals surface area contributed by atoms with Gasteiger partial charge in [-0.25, -0.2) is 4.98 Å². The lowest BCUT2D eigenvalue weighted by molar-refractivity contribution is -0.103. The van der Waals surface area contributed by atoms with Crippen molar-refractivity contribution in [2.45, 2.75) is 77.4 Å². The molecule has 1 aliphatic rings. The quantitative estimate of drug-likeness (QED) is 0.904. The van der Waals surface area contributed by atoms with E-state index in [4.69, 9.17) is 9.72 Å². The molecule has 0 aliphatic carbocycles. The van der Waals surface area contributed by atoms with E-state index in [0.29, 0.717) is 0 Å². The molecule has 21 heavy (non-hydrogen) atoms. The molecule has 0 radical (unpaired) electrons. The summed E-state index contributed by atoms with van der Waals surface area (Å²) in [7, 11) is 0. The van der Waals surface area contributed by atoms with Crippen molar-refractivity contribution in [3.63, 3.8) is 0 Å². The van der Waals surface area contributed by atoms with Crippen molar-refractivity contribution in [2.75, 3.05) is 13.2 Å². The molecule has 0 spiro atoms.